The Labute approximate surface area is 172 Å². The van der Waals surface area contributed by atoms with Gasteiger partial charge in [-0.3, -0.25) is 9.89 Å². The molecule has 0 bridgehead atoms. The molecule has 0 radical (unpaired) electrons. The van der Waals surface area contributed by atoms with Crippen LogP contribution in [0.25, 0.3) is 0 Å². The Morgan fingerprint density at radius 3 is 2.56 bits per heavy atom. The normalized spacial score (nSPS) is 21.8. The largest absolute Gasteiger partial charge is 0.379 e. The number of halogens is 1. The van der Waals surface area contributed by atoms with Crippen molar-refractivity contribution in [3.63, 3.8) is 0 Å². The third kappa shape index (κ3) is 5.80. The minimum absolute atomic E-state index is 0. The van der Waals surface area contributed by atoms with Crippen molar-refractivity contribution in [2.45, 2.75) is 32.7 Å². The number of morpholine rings is 1. The molecule has 2 fully saturated rings. The van der Waals surface area contributed by atoms with Gasteiger partial charge >= 0.3 is 0 Å². The lowest BCUT2D eigenvalue weighted by atomic mass is 10.00. The molecule has 1 atom stereocenters. The molecule has 3 rings (SSSR count). The maximum Gasteiger partial charge on any atom is 0.191 e. The molecular weight excluding hydrogens is 447 g/mol. The first-order valence-corrected chi connectivity index (χ1v) is 9.88. The van der Waals surface area contributed by atoms with Gasteiger partial charge in [0.1, 0.15) is 0 Å². The number of rotatable bonds is 4. The number of hydrogen-bond donors (Lipinski definition) is 1. The summed E-state index contributed by atoms with van der Waals surface area (Å²) in [7, 11) is 0. The first-order chi connectivity index (χ1) is 11.6. The Hall–Kier alpha value is -0.380. The van der Waals surface area contributed by atoms with Crippen LogP contribution in [0.5, 0.6) is 0 Å². The quantitative estimate of drug-likeness (QED) is 0.411. The second kappa shape index (κ2) is 10.1. The van der Waals surface area contributed by atoms with Crippen molar-refractivity contribution >= 4 is 41.3 Å². The molecule has 142 valence electrons. The van der Waals surface area contributed by atoms with E-state index in [1.807, 2.05) is 11.3 Å². The van der Waals surface area contributed by atoms with Gasteiger partial charge in [0.2, 0.25) is 0 Å². The SMILES string of the molecule is Cc1ccc(C(CN=C(N)N2CCC(C)CC2)N2CCOCC2)s1.I. The van der Waals surface area contributed by atoms with Crippen LogP contribution in [0.4, 0.5) is 0 Å². The first kappa shape index (κ1) is 20.9. The van der Waals surface area contributed by atoms with Crippen molar-refractivity contribution in [3.8, 4) is 0 Å². The molecule has 0 aromatic carbocycles. The van der Waals surface area contributed by atoms with E-state index in [4.69, 9.17) is 15.5 Å². The molecule has 0 amide bonds. The lowest BCUT2D eigenvalue weighted by Crippen LogP contribution is -2.43. The zero-order valence-corrected chi connectivity index (χ0v) is 18.5. The predicted octanol–water partition coefficient (Wildman–Crippen LogP) is 3.09. The van der Waals surface area contributed by atoms with E-state index in [2.05, 4.69) is 35.8 Å². The lowest BCUT2D eigenvalue weighted by Gasteiger charge is -2.34. The monoisotopic (exact) mass is 478 g/mol. The molecular formula is C18H31IN4OS. The fourth-order valence-corrected chi connectivity index (χ4v) is 4.43. The number of guanidine groups is 1. The summed E-state index contributed by atoms with van der Waals surface area (Å²) in [5, 5.41) is 0. The summed E-state index contributed by atoms with van der Waals surface area (Å²) in [4.78, 5) is 12.3. The number of piperidine rings is 1. The van der Waals surface area contributed by atoms with Crippen LogP contribution in [0, 0.1) is 12.8 Å². The standard InChI is InChI=1S/C18H30N4OS.HI/c1-14-5-7-22(8-6-14)18(19)20-13-16(17-4-3-15(2)24-17)21-9-11-23-12-10-21;/h3-4,14,16H,5-13H2,1-2H3,(H2,19,20);1H. The van der Waals surface area contributed by atoms with Crippen LogP contribution in [0.2, 0.25) is 0 Å². The fraction of sp³-hybridized carbons (Fsp3) is 0.722. The topological polar surface area (TPSA) is 54.1 Å². The van der Waals surface area contributed by atoms with Crippen LogP contribution < -0.4 is 5.73 Å². The zero-order valence-electron chi connectivity index (χ0n) is 15.3. The summed E-state index contributed by atoms with van der Waals surface area (Å²) >= 11 is 1.87. The van der Waals surface area contributed by atoms with Gasteiger partial charge in [0, 0.05) is 35.9 Å². The summed E-state index contributed by atoms with van der Waals surface area (Å²) < 4.78 is 5.51. The highest BCUT2D eigenvalue weighted by Gasteiger charge is 2.24. The number of nitrogens with zero attached hydrogens (tertiary/aromatic N) is 3. The van der Waals surface area contributed by atoms with Crippen molar-refractivity contribution in [1.29, 1.82) is 0 Å². The van der Waals surface area contributed by atoms with Gasteiger partial charge in [-0.05, 0) is 37.8 Å². The van der Waals surface area contributed by atoms with Crippen LogP contribution in [-0.4, -0.2) is 61.7 Å². The fourth-order valence-electron chi connectivity index (χ4n) is 3.42. The van der Waals surface area contributed by atoms with E-state index in [1.54, 1.807) is 0 Å². The highest BCUT2D eigenvalue weighted by molar-refractivity contribution is 14.0. The van der Waals surface area contributed by atoms with Gasteiger partial charge in [0.15, 0.2) is 5.96 Å². The number of ether oxygens (including phenoxy) is 1. The molecule has 1 unspecified atom stereocenters. The number of aryl methyl sites for hydroxylation is 1. The van der Waals surface area contributed by atoms with Gasteiger partial charge < -0.3 is 15.4 Å². The molecule has 0 aliphatic carbocycles. The highest BCUT2D eigenvalue weighted by Crippen LogP contribution is 2.28. The molecule has 0 saturated carbocycles. The van der Waals surface area contributed by atoms with Crippen molar-refractivity contribution in [2.75, 3.05) is 45.9 Å². The van der Waals surface area contributed by atoms with E-state index in [0.717, 1.165) is 51.9 Å². The molecule has 25 heavy (non-hydrogen) atoms. The molecule has 0 spiro atoms. The Balaban J connectivity index is 0.00000225. The van der Waals surface area contributed by atoms with Crippen molar-refractivity contribution in [1.82, 2.24) is 9.80 Å². The smallest absolute Gasteiger partial charge is 0.191 e. The third-order valence-corrected chi connectivity index (χ3v) is 6.21. The van der Waals surface area contributed by atoms with E-state index in [0.29, 0.717) is 12.0 Å². The Morgan fingerprint density at radius 1 is 1.28 bits per heavy atom. The van der Waals surface area contributed by atoms with Crippen molar-refractivity contribution in [2.24, 2.45) is 16.6 Å². The molecule has 2 aliphatic rings. The second-order valence-electron chi connectivity index (χ2n) is 6.98. The number of nitrogens with two attached hydrogens (primary N) is 1. The highest BCUT2D eigenvalue weighted by atomic mass is 127. The third-order valence-electron chi connectivity index (χ3n) is 5.11. The van der Waals surface area contributed by atoms with Gasteiger partial charge in [0.25, 0.3) is 0 Å². The lowest BCUT2D eigenvalue weighted by molar-refractivity contribution is 0.0186. The van der Waals surface area contributed by atoms with E-state index in [-0.39, 0.29) is 24.0 Å². The number of likely N-dealkylation sites (tertiary alicyclic amines) is 1. The minimum Gasteiger partial charge on any atom is -0.379 e. The molecule has 1 aromatic heterocycles. The molecule has 2 N–H and O–H groups in total. The summed E-state index contributed by atoms with van der Waals surface area (Å²) in [5.41, 5.74) is 6.29. The number of thiophene rings is 1. The van der Waals surface area contributed by atoms with Crippen molar-refractivity contribution < 1.29 is 4.74 Å². The summed E-state index contributed by atoms with van der Waals surface area (Å²) in [6.45, 7) is 10.9. The van der Waals surface area contributed by atoms with Gasteiger partial charge in [0.05, 0.1) is 25.8 Å². The molecule has 7 heteroatoms. The molecule has 1 aromatic rings. The first-order valence-electron chi connectivity index (χ1n) is 9.06. The maximum absolute atomic E-state index is 6.29. The Kier molecular flexibility index (Phi) is 8.44. The van der Waals surface area contributed by atoms with E-state index in [9.17, 15) is 0 Å². The van der Waals surface area contributed by atoms with Gasteiger partial charge in [-0.15, -0.1) is 35.3 Å². The second-order valence-corrected chi connectivity index (χ2v) is 8.30. The van der Waals surface area contributed by atoms with Crippen LogP contribution in [0.15, 0.2) is 17.1 Å². The van der Waals surface area contributed by atoms with E-state index < -0.39 is 0 Å². The van der Waals surface area contributed by atoms with Crippen LogP contribution in [0.1, 0.15) is 35.6 Å². The van der Waals surface area contributed by atoms with Crippen LogP contribution in [-0.2, 0) is 4.74 Å². The Morgan fingerprint density at radius 2 is 1.96 bits per heavy atom. The average molecular weight is 478 g/mol. The molecule has 2 saturated heterocycles. The van der Waals surface area contributed by atoms with Crippen molar-refractivity contribution in [3.05, 3.63) is 21.9 Å². The molecule has 3 heterocycles. The van der Waals surface area contributed by atoms with Crippen LogP contribution in [0.3, 0.4) is 0 Å². The maximum atomic E-state index is 6.29. The molecule has 5 nitrogen and oxygen atoms in total. The van der Waals surface area contributed by atoms with Gasteiger partial charge in [-0.2, -0.15) is 0 Å². The zero-order chi connectivity index (χ0) is 16.9. The van der Waals surface area contributed by atoms with E-state index >= 15 is 0 Å². The number of aliphatic imine (C=N–C) groups is 1. The predicted molar refractivity (Wildman–Crippen MR) is 116 cm³/mol. The summed E-state index contributed by atoms with van der Waals surface area (Å²) in [6, 6.07) is 4.76. The Bertz CT molecular complexity index is 551. The summed E-state index contributed by atoms with van der Waals surface area (Å²) in [6.07, 6.45) is 2.43. The van der Waals surface area contributed by atoms with Gasteiger partial charge in [-0.1, -0.05) is 6.92 Å². The van der Waals surface area contributed by atoms with Gasteiger partial charge in [-0.25, -0.2) is 0 Å². The van der Waals surface area contributed by atoms with Crippen LogP contribution >= 0.6 is 35.3 Å². The summed E-state index contributed by atoms with van der Waals surface area (Å²) in [5.74, 6) is 1.53. The molecule has 2 aliphatic heterocycles. The minimum atomic E-state index is 0. The number of hydrogen-bond acceptors (Lipinski definition) is 4. The average Bonchev–Trinajstić information content (AvgIpc) is 3.02. The van der Waals surface area contributed by atoms with E-state index in [1.165, 1.54) is 22.6 Å².